The van der Waals surface area contributed by atoms with Crippen molar-refractivity contribution >= 4 is 17.9 Å². The summed E-state index contributed by atoms with van der Waals surface area (Å²) in [5.74, 6) is -0.796. The van der Waals surface area contributed by atoms with E-state index in [2.05, 4.69) is 10.6 Å². The Bertz CT molecular complexity index is 944. The SMILES string of the molecule is Cc1ccc(CNC(=O)C2CCN(C(=O)CNC(=O)OCc3ccccc3)CC2)cc1F. The van der Waals surface area contributed by atoms with E-state index in [4.69, 9.17) is 4.74 Å². The average molecular weight is 442 g/mol. The fourth-order valence-electron chi connectivity index (χ4n) is 3.50. The fraction of sp³-hybridized carbons (Fsp3) is 0.375. The Balaban J connectivity index is 1.34. The standard InChI is InChI=1S/C24H28FN3O4/c1-17-7-8-19(13-21(17)25)14-26-23(30)20-9-11-28(12-10-20)22(29)15-27-24(31)32-16-18-5-3-2-4-6-18/h2-8,13,20H,9-12,14-16H2,1H3,(H,26,30)(H,27,31). The van der Waals surface area contributed by atoms with Crippen molar-refractivity contribution in [2.75, 3.05) is 19.6 Å². The summed E-state index contributed by atoms with van der Waals surface area (Å²) in [6.45, 7) is 2.83. The molecule has 0 unspecified atom stereocenters. The summed E-state index contributed by atoms with van der Waals surface area (Å²) in [7, 11) is 0. The van der Waals surface area contributed by atoms with Crippen molar-refractivity contribution in [2.24, 2.45) is 5.92 Å². The largest absolute Gasteiger partial charge is 0.445 e. The molecule has 2 N–H and O–H groups in total. The molecule has 1 aliphatic heterocycles. The number of amides is 3. The second-order valence-electron chi connectivity index (χ2n) is 7.87. The molecule has 0 aliphatic carbocycles. The lowest BCUT2D eigenvalue weighted by atomic mass is 9.95. The highest BCUT2D eigenvalue weighted by Gasteiger charge is 2.27. The summed E-state index contributed by atoms with van der Waals surface area (Å²) in [6, 6.07) is 14.2. The zero-order chi connectivity index (χ0) is 22.9. The van der Waals surface area contributed by atoms with E-state index in [9.17, 15) is 18.8 Å². The Labute approximate surface area is 186 Å². The lowest BCUT2D eigenvalue weighted by Gasteiger charge is -2.31. The molecule has 1 heterocycles. The Morgan fingerprint density at radius 1 is 1.03 bits per heavy atom. The van der Waals surface area contributed by atoms with E-state index in [1.807, 2.05) is 30.3 Å². The van der Waals surface area contributed by atoms with E-state index in [-0.39, 0.29) is 43.2 Å². The highest BCUT2D eigenvalue weighted by atomic mass is 19.1. The molecule has 2 aromatic rings. The van der Waals surface area contributed by atoms with Crippen molar-refractivity contribution in [3.63, 3.8) is 0 Å². The smallest absolute Gasteiger partial charge is 0.407 e. The van der Waals surface area contributed by atoms with Crippen molar-refractivity contribution < 1.29 is 23.5 Å². The number of alkyl carbamates (subject to hydrolysis) is 1. The van der Waals surface area contributed by atoms with Gasteiger partial charge in [-0.15, -0.1) is 0 Å². The molecule has 0 saturated carbocycles. The van der Waals surface area contributed by atoms with Gasteiger partial charge in [0.25, 0.3) is 0 Å². The first-order valence-electron chi connectivity index (χ1n) is 10.7. The number of nitrogens with zero attached hydrogens (tertiary/aromatic N) is 1. The molecule has 0 spiro atoms. The highest BCUT2D eigenvalue weighted by molar-refractivity contribution is 5.83. The second kappa shape index (κ2) is 11.3. The van der Waals surface area contributed by atoms with Crippen LogP contribution in [0, 0.1) is 18.7 Å². The van der Waals surface area contributed by atoms with Crippen LogP contribution >= 0.6 is 0 Å². The van der Waals surface area contributed by atoms with Gasteiger partial charge in [0.15, 0.2) is 0 Å². The van der Waals surface area contributed by atoms with E-state index in [0.29, 0.717) is 37.1 Å². The van der Waals surface area contributed by atoms with Crippen LogP contribution in [0.4, 0.5) is 9.18 Å². The number of hydrogen-bond donors (Lipinski definition) is 2. The van der Waals surface area contributed by atoms with Gasteiger partial charge in [0.2, 0.25) is 11.8 Å². The summed E-state index contributed by atoms with van der Waals surface area (Å²) in [6.07, 6.45) is 0.431. The Hall–Kier alpha value is -3.42. The summed E-state index contributed by atoms with van der Waals surface area (Å²) in [4.78, 5) is 38.2. The first-order chi connectivity index (χ1) is 15.4. The summed E-state index contributed by atoms with van der Waals surface area (Å²) >= 11 is 0. The maximum atomic E-state index is 13.6. The van der Waals surface area contributed by atoms with Gasteiger partial charge in [-0.2, -0.15) is 0 Å². The minimum absolute atomic E-state index is 0.0966. The Morgan fingerprint density at radius 3 is 2.44 bits per heavy atom. The van der Waals surface area contributed by atoms with Crippen molar-refractivity contribution in [2.45, 2.75) is 32.9 Å². The first-order valence-corrected chi connectivity index (χ1v) is 10.7. The van der Waals surface area contributed by atoms with Crippen LogP contribution < -0.4 is 10.6 Å². The van der Waals surface area contributed by atoms with Gasteiger partial charge in [0, 0.05) is 25.6 Å². The van der Waals surface area contributed by atoms with Gasteiger partial charge in [-0.3, -0.25) is 9.59 Å². The van der Waals surface area contributed by atoms with E-state index < -0.39 is 6.09 Å². The van der Waals surface area contributed by atoms with Crippen molar-refractivity contribution in [1.29, 1.82) is 0 Å². The van der Waals surface area contributed by atoms with Crippen LogP contribution in [0.15, 0.2) is 48.5 Å². The summed E-state index contributed by atoms with van der Waals surface area (Å²) < 4.78 is 18.7. The predicted octanol–water partition coefficient (Wildman–Crippen LogP) is 2.92. The van der Waals surface area contributed by atoms with E-state index in [0.717, 1.165) is 5.56 Å². The highest BCUT2D eigenvalue weighted by Crippen LogP contribution is 2.18. The van der Waals surface area contributed by atoms with Gasteiger partial charge >= 0.3 is 6.09 Å². The maximum absolute atomic E-state index is 13.6. The quantitative estimate of drug-likeness (QED) is 0.692. The van der Waals surface area contributed by atoms with Crippen LogP contribution in [0.1, 0.15) is 29.5 Å². The molecule has 1 saturated heterocycles. The number of benzene rings is 2. The molecule has 7 nitrogen and oxygen atoms in total. The summed E-state index contributed by atoms with van der Waals surface area (Å²) in [5.41, 5.74) is 2.14. The van der Waals surface area contributed by atoms with Crippen LogP contribution in [0.3, 0.4) is 0 Å². The van der Waals surface area contributed by atoms with Gasteiger partial charge < -0.3 is 20.3 Å². The Morgan fingerprint density at radius 2 is 1.75 bits per heavy atom. The van der Waals surface area contributed by atoms with Crippen LogP contribution in [-0.2, 0) is 27.5 Å². The zero-order valence-electron chi connectivity index (χ0n) is 18.1. The number of piperidine rings is 1. The van der Waals surface area contributed by atoms with Gasteiger partial charge in [-0.05, 0) is 42.5 Å². The number of carbonyl (C=O) groups is 3. The zero-order valence-corrected chi connectivity index (χ0v) is 18.1. The van der Waals surface area contributed by atoms with Gasteiger partial charge in [0.05, 0.1) is 0 Å². The van der Waals surface area contributed by atoms with Gasteiger partial charge in [0.1, 0.15) is 19.0 Å². The number of hydrogen-bond acceptors (Lipinski definition) is 4. The molecule has 8 heteroatoms. The third kappa shape index (κ3) is 6.80. The molecular formula is C24H28FN3O4. The maximum Gasteiger partial charge on any atom is 0.407 e. The second-order valence-corrected chi connectivity index (χ2v) is 7.87. The van der Waals surface area contributed by atoms with Crippen LogP contribution in [0.25, 0.3) is 0 Å². The van der Waals surface area contributed by atoms with Gasteiger partial charge in [-0.1, -0.05) is 42.5 Å². The molecule has 0 radical (unpaired) electrons. The number of carbonyl (C=O) groups excluding carboxylic acids is 3. The number of rotatable bonds is 7. The number of halogens is 1. The molecule has 1 fully saturated rings. The van der Waals surface area contributed by atoms with Crippen molar-refractivity contribution in [3.05, 3.63) is 71.0 Å². The molecule has 32 heavy (non-hydrogen) atoms. The fourth-order valence-corrected chi connectivity index (χ4v) is 3.50. The topological polar surface area (TPSA) is 87.7 Å². The number of likely N-dealkylation sites (tertiary alicyclic amines) is 1. The third-order valence-corrected chi connectivity index (χ3v) is 5.52. The first kappa shape index (κ1) is 23.2. The Kier molecular flexibility index (Phi) is 8.19. The number of nitrogens with one attached hydrogen (secondary N) is 2. The van der Waals surface area contributed by atoms with Gasteiger partial charge in [-0.25, -0.2) is 9.18 Å². The van der Waals surface area contributed by atoms with Crippen LogP contribution in [0.5, 0.6) is 0 Å². The number of aryl methyl sites for hydroxylation is 1. The molecular weight excluding hydrogens is 413 g/mol. The third-order valence-electron chi connectivity index (χ3n) is 5.52. The lowest BCUT2D eigenvalue weighted by molar-refractivity contribution is -0.134. The molecule has 3 amide bonds. The minimum Gasteiger partial charge on any atom is -0.445 e. The van der Waals surface area contributed by atoms with E-state index >= 15 is 0 Å². The average Bonchev–Trinajstić information content (AvgIpc) is 2.82. The lowest BCUT2D eigenvalue weighted by Crippen LogP contribution is -2.46. The van der Waals surface area contributed by atoms with Crippen molar-refractivity contribution in [1.82, 2.24) is 15.5 Å². The van der Waals surface area contributed by atoms with Crippen LogP contribution in [-0.4, -0.2) is 42.4 Å². The molecule has 0 atom stereocenters. The minimum atomic E-state index is -0.649. The molecule has 0 aromatic heterocycles. The van der Waals surface area contributed by atoms with Crippen LogP contribution in [0.2, 0.25) is 0 Å². The normalized spacial score (nSPS) is 14.0. The van der Waals surface area contributed by atoms with E-state index in [1.165, 1.54) is 6.07 Å². The molecule has 1 aliphatic rings. The molecule has 0 bridgehead atoms. The molecule has 170 valence electrons. The molecule has 2 aromatic carbocycles. The monoisotopic (exact) mass is 441 g/mol. The van der Waals surface area contributed by atoms with E-state index in [1.54, 1.807) is 24.0 Å². The number of ether oxygens (including phenoxy) is 1. The van der Waals surface area contributed by atoms with Crippen molar-refractivity contribution in [3.8, 4) is 0 Å². The molecule has 3 rings (SSSR count). The predicted molar refractivity (Wildman–Crippen MR) is 117 cm³/mol. The summed E-state index contributed by atoms with van der Waals surface area (Å²) in [5, 5.41) is 5.31.